The van der Waals surface area contributed by atoms with Crippen LogP contribution >= 0.6 is 39.0 Å². The van der Waals surface area contributed by atoms with E-state index >= 15 is 0 Å². The van der Waals surface area contributed by atoms with E-state index in [0.717, 1.165) is 26.1 Å². The second kappa shape index (κ2) is 5.32. The van der Waals surface area contributed by atoms with E-state index < -0.39 is 0 Å². The zero-order valence-corrected chi connectivity index (χ0v) is 12.9. The maximum atomic E-state index is 5.42. The highest BCUT2D eigenvalue weighted by molar-refractivity contribution is 9.11. The van der Waals surface area contributed by atoms with E-state index in [4.69, 9.17) is 4.52 Å². The summed E-state index contributed by atoms with van der Waals surface area (Å²) < 4.78 is 6.50. The average Bonchev–Trinajstić information content (AvgIpc) is 3.07. The summed E-state index contributed by atoms with van der Waals surface area (Å²) in [5.41, 5.74) is 0. The van der Waals surface area contributed by atoms with Crippen LogP contribution in [-0.4, -0.2) is 34.7 Å². The average molecular weight is 346 g/mol. The molecule has 3 rings (SSSR count). The first-order valence-corrected chi connectivity index (χ1v) is 8.38. The largest absolute Gasteiger partial charge is 0.339 e. The van der Waals surface area contributed by atoms with E-state index in [1.807, 2.05) is 30.9 Å². The molecule has 2 aromatic heterocycles. The first-order valence-electron chi connectivity index (χ1n) is 5.62. The van der Waals surface area contributed by atoms with Crippen LogP contribution in [0.1, 0.15) is 11.8 Å². The molecule has 7 heteroatoms. The predicted molar refractivity (Wildman–Crippen MR) is 78.2 cm³/mol. The van der Waals surface area contributed by atoms with Gasteiger partial charge in [0.2, 0.25) is 11.7 Å². The quantitative estimate of drug-likeness (QED) is 0.926. The van der Waals surface area contributed by atoms with Gasteiger partial charge in [-0.3, -0.25) is 0 Å². The third-order valence-corrected chi connectivity index (χ3v) is 5.81. The Balaban J connectivity index is 1.85. The summed E-state index contributed by atoms with van der Waals surface area (Å²) in [4.78, 5) is 5.56. The minimum absolute atomic E-state index is 0.324. The SMILES string of the molecule is CNC1CSCC1c1nc(-c2ccc(Br)s2)no1. The number of halogens is 1. The molecule has 1 fully saturated rings. The standard InChI is InChI=1S/C11H12BrN3OS2/c1-13-7-5-17-4-6(7)11-14-10(15-16-11)8-2-3-9(12)18-8/h2-3,6-7,13H,4-5H2,1H3. The summed E-state index contributed by atoms with van der Waals surface area (Å²) in [5.74, 6) is 3.90. The molecule has 1 saturated heterocycles. The lowest BCUT2D eigenvalue weighted by Gasteiger charge is -2.13. The van der Waals surface area contributed by atoms with Crippen LogP contribution < -0.4 is 5.32 Å². The molecule has 0 aliphatic carbocycles. The summed E-state index contributed by atoms with van der Waals surface area (Å²) in [6.45, 7) is 0. The van der Waals surface area contributed by atoms with Crippen LogP contribution in [0, 0.1) is 0 Å². The van der Waals surface area contributed by atoms with Crippen molar-refractivity contribution in [3.8, 4) is 10.7 Å². The lowest BCUT2D eigenvalue weighted by molar-refractivity contribution is 0.344. The normalized spacial score (nSPS) is 23.7. The molecule has 2 aromatic rings. The highest BCUT2D eigenvalue weighted by Gasteiger charge is 2.32. The zero-order valence-electron chi connectivity index (χ0n) is 9.72. The Bertz CT molecular complexity index is 542. The van der Waals surface area contributed by atoms with Gasteiger partial charge in [-0.15, -0.1) is 11.3 Å². The fourth-order valence-electron chi connectivity index (χ4n) is 2.00. The fourth-order valence-corrected chi connectivity index (χ4v) is 4.73. The van der Waals surface area contributed by atoms with E-state index in [9.17, 15) is 0 Å². The number of thiophene rings is 1. The van der Waals surface area contributed by atoms with Crippen molar-refractivity contribution in [1.29, 1.82) is 0 Å². The lowest BCUT2D eigenvalue weighted by atomic mass is 10.0. The van der Waals surface area contributed by atoms with Gasteiger partial charge < -0.3 is 9.84 Å². The van der Waals surface area contributed by atoms with Gasteiger partial charge >= 0.3 is 0 Å². The third kappa shape index (κ3) is 2.36. The maximum Gasteiger partial charge on any atom is 0.232 e. The van der Waals surface area contributed by atoms with E-state index in [0.29, 0.717) is 17.8 Å². The number of hydrogen-bond acceptors (Lipinski definition) is 6. The smallest absolute Gasteiger partial charge is 0.232 e. The van der Waals surface area contributed by atoms with Crippen LogP contribution in [0.2, 0.25) is 0 Å². The Labute approximate surface area is 122 Å². The van der Waals surface area contributed by atoms with Gasteiger partial charge in [0.25, 0.3) is 0 Å². The summed E-state index contributed by atoms with van der Waals surface area (Å²) in [6.07, 6.45) is 0. The van der Waals surface area contributed by atoms with Gasteiger partial charge in [0.05, 0.1) is 14.6 Å². The predicted octanol–water partition coefficient (Wildman–Crippen LogP) is 2.98. The summed E-state index contributed by atoms with van der Waals surface area (Å²) in [6, 6.07) is 4.43. The number of likely N-dealkylation sites (N-methyl/N-ethyl adjacent to an activating group) is 1. The molecule has 1 aliphatic rings. The number of nitrogens with zero attached hydrogens (tertiary/aromatic N) is 2. The van der Waals surface area contributed by atoms with Gasteiger partial charge in [-0.2, -0.15) is 16.7 Å². The molecule has 0 aromatic carbocycles. The fraction of sp³-hybridized carbons (Fsp3) is 0.455. The molecule has 96 valence electrons. The highest BCUT2D eigenvalue weighted by atomic mass is 79.9. The molecule has 1 N–H and O–H groups in total. The summed E-state index contributed by atoms with van der Waals surface area (Å²) in [5, 5.41) is 7.39. The molecule has 0 amide bonds. The highest BCUT2D eigenvalue weighted by Crippen LogP contribution is 2.34. The van der Waals surface area contributed by atoms with E-state index in [1.54, 1.807) is 11.3 Å². The number of aromatic nitrogens is 2. The van der Waals surface area contributed by atoms with Crippen LogP contribution in [0.4, 0.5) is 0 Å². The lowest BCUT2D eigenvalue weighted by Crippen LogP contribution is -2.30. The van der Waals surface area contributed by atoms with Gasteiger partial charge in [0.1, 0.15) is 0 Å². The molecule has 0 spiro atoms. The Kier molecular flexibility index (Phi) is 3.74. The summed E-state index contributed by atoms with van der Waals surface area (Å²) in [7, 11) is 1.98. The van der Waals surface area contributed by atoms with Crippen molar-refractivity contribution in [3.63, 3.8) is 0 Å². The van der Waals surface area contributed by atoms with Crippen molar-refractivity contribution in [2.24, 2.45) is 0 Å². The Morgan fingerprint density at radius 3 is 3.06 bits per heavy atom. The molecule has 18 heavy (non-hydrogen) atoms. The first-order chi connectivity index (χ1) is 8.78. The van der Waals surface area contributed by atoms with Crippen LogP contribution in [-0.2, 0) is 0 Å². The number of hydrogen-bond donors (Lipinski definition) is 1. The van der Waals surface area contributed by atoms with Crippen LogP contribution in [0.15, 0.2) is 20.4 Å². The van der Waals surface area contributed by atoms with Crippen molar-refractivity contribution >= 4 is 39.0 Å². The van der Waals surface area contributed by atoms with E-state index in [-0.39, 0.29) is 0 Å². The van der Waals surface area contributed by atoms with Gasteiger partial charge in [-0.1, -0.05) is 5.16 Å². The van der Waals surface area contributed by atoms with Gasteiger partial charge in [0.15, 0.2) is 0 Å². The first kappa shape index (κ1) is 12.7. The van der Waals surface area contributed by atoms with Crippen molar-refractivity contribution in [3.05, 3.63) is 21.8 Å². The van der Waals surface area contributed by atoms with Gasteiger partial charge in [-0.25, -0.2) is 0 Å². The van der Waals surface area contributed by atoms with Crippen molar-refractivity contribution < 1.29 is 4.52 Å². The van der Waals surface area contributed by atoms with Gasteiger partial charge in [-0.05, 0) is 35.1 Å². The third-order valence-electron chi connectivity index (χ3n) is 3.00. The zero-order chi connectivity index (χ0) is 12.5. The minimum atomic E-state index is 0.324. The molecule has 2 unspecified atom stereocenters. The molecule has 3 heterocycles. The molecule has 0 radical (unpaired) electrons. The number of nitrogens with one attached hydrogen (secondary N) is 1. The Morgan fingerprint density at radius 1 is 1.44 bits per heavy atom. The Hall–Kier alpha value is -0.370. The molecule has 2 atom stereocenters. The van der Waals surface area contributed by atoms with Gasteiger partial charge in [0, 0.05) is 17.5 Å². The Morgan fingerprint density at radius 2 is 2.33 bits per heavy atom. The number of thioether (sulfide) groups is 1. The molecule has 0 saturated carbocycles. The summed E-state index contributed by atoms with van der Waals surface area (Å²) >= 11 is 6.98. The molecular formula is C11H12BrN3OS2. The van der Waals surface area contributed by atoms with Crippen LogP contribution in [0.25, 0.3) is 10.7 Å². The molecule has 4 nitrogen and oxygen atoms in total. The maximum absolute atomic E-state index is 5.42. The monoisotopic (exact) mass is 345 g/mol. The molecule has 1 aliphatic heterocycles. The van der Waals surface area contributed by atoms with Crippen LogP contribution in [0.5, 0.6) is 0 Å². The minimum Gasteiger partial charge on any atom is -0.339 e. The van der Waals surface area contributed by atoms with Crippen molar-refractivity contribution in [2.75, 3.05) is 18.6 Å². The van der Waals surface area contributed by atoms with Crippen molar-refractivity contribution in [2.45, 2.75) is 12.0 Å². The van der Waals surface area contributed by atoms with Crippen molar-refractivity contribution in [1.82, 2.24) is 15.5 Å². The van der Waals surface area contributed by atoms with E-state index in [1.165, 1.54) is 0 Å². The number of rotatable bonds is 3. The van der Waals surface area contributed by atoms with E-state index in [2.05, 4.69) is 31.4 Å². The molecular weight excluding hydrogens is 334 g/mol. The van der Waals surface area contributed by atoms with Crippen LogP contribution in [0.3, 0.4) is 0 Å². The second-order valence-corrected chi connectivity index (χ2v) is 7.64. The topological polar surface area (TPSA) is 51.0 Å². The molecule has 0 bridgehead atoms. The second-order valence-electron chi connectivity index (χ2n) is 4.10.